The smallest absolute Gasteiger partial charge is 0.233 e. The van der Waals surface area contributed by atoms with Gasteiger partial charge in [0.15, 0.2) is 15.7 Å². The van der Waals surface area contributed by atoms with Crippen molar-refractivity contribution in [1.82, 2.24) is 9.97 Å². The molecule has 0 radical (unpaired) electrons. The number of carbonyl (C=O) groups is 1. The predicted molar refractivity (Wildman–Crippen MR) is 119 cm³/mol. The molecule has 8 nitrogen and oxygen atoms in total. The second kappa shape index (κ2) is 9.74. The molecule has 1 aliphatic carbocycles. The Hall–Kier alpha value is -2.52. The number of hydrogen-bond donors (Lipinski definition) is 2. The molecule has 0 aliphatic heterocycles. The summed E-state index contributed by atoms with van der Waals surface area (Å²) in [7, 11) is -3.46. The average Bonchev–Trinajstić information content (AvgIpc) is 3.24. The van der Waals surface area contributed by atoms with Crippen LogP contribution in [0.4, 0.5) is 5.82 Å². The van der Waals surface area contributed by atoms with Crippen molar-refractivity contribution in [3.8, 4) is 0 Å². The maximum absolute atomic E-state index is 13.2. The van der Waals surface area contributed by atoms with Crippen LogP contribution in [0.25, 0.3) is 0 Å². The second-order valence-corrected chi connectivity index (χ2v) is 10.3. The van der Waals surface area contributed by atoms with E-state index in [2.05, 4.69) is 20.4 Å². The number of oxime groups is 1. The number of benzene rings is 1. The van der Waals surface area contributed by atoms with Crippen molar-refractivity contribution in [3.63, 3.8) is 0 Å². The van der Waals surface area contributed by atoms with Gasteiger partial charge in [0.25, 0.3) is 0 Å². The van der Waals surface area contributed by atoms with Gasteiger partial charge in [-0.2, -0.15) is 0 Å². The number of carbonyl (C=O) groups excluding carboxylic acids is 1. The highest BCUT2D eigenvalue weighted by Gasteiger charge is 2.28. The Balaban J connectivity index is 1.86. The molecule has 0 spiro atoms. The second-order valence-electron chi connectivity index (χ2n) is 7.86. The molecule has 1 aromatic carbocycles. The lowest BCUT2D eigenvalue weighted by Gasteiger charge is -2.21. The number of sulfone groups is 1. The van der Waals surface area contributed by atoms with Crippen LogP contribution in [0, 0.1) is 5.92 Å². The summed E-state index contributed by atoms with van der Waals surface area (Å²) in [6.07, 6.45) is 8.96. The van der Waals surface area contributed by atoms with Gasteiger partial charge in [-0.15, -0.1) is 0 Å². The first kappa shape index (κ1) is 23.1. The largest absolute Gasteiger partial charge is 0.411 e. The molecule has 3 rings (SSSR count). The standard InChI is InChI=1S/C21H25ClN4O4S/c1-13(26-28)18-11-24-20(12-23-18)25-21(27)16(9-14-5-3-4-6-14)15-7-8-19(17(22)10-15)31(2,29)30/h7-8,10-12,14,16,28H,3-6,9H2,1-2H3,(H,24,25,27)/b26-13-. The van der Waals surface area contributed by atoms with Crippen molar-refractivity contribution in [3.05, 3.63) is 46.9 Å². The molecule has 2 N–H and O–H groups in total. The lowest BCUT2D eigenvalue weighted by molar-refractivity contribution is -0.118. The van der Waals surface area contributed by atoms with E-state index >= 15 is 0 Å². The number of aromatic nitrogens is 2. The first-order valence-corrected chi connectivity index (χ1v) is 12.3. The maximum atomic E-state index is 13.2. The van der Waals surface area contributed by atoms with Crippen molar-refractivity contribution in [1.29, 1.82) is 0 Å². The summed E-state index contributed by atoms with van der Waals surface area (Å²) in [4.78, 5) is 21.5. The highest BCUT2D eigenvalue weighted by atomic mass is 35.5. The molecular weight excluding hydrogens is 440 g/mol. The summed E-state index contributed by atoms with van der Waals surface area (Å²) in [5, 5.41) is 14.8. The SMILES string of the molecule is C/C(=N/O)c1cnc(NC(=O)C(CC2CCCC2)c2ccc(S(C)(=O)=O)c(Cl)c2)cn1. The summed E-state index contributed by atoms with van der Waals surface area (Å²) < 4.78 is 23.8. The topological polar surface area (TPSA) is 122 Å². The van der Waals surface area contributed by atoms with Crippen molar-refractivity contribution < 1.29 is 18.4 Å². The van der Waals surface area contributed by atoms with Crippen molar-refractivity contribution in [2.75, 3.05) is 11.6 Å². The van der Waals surface area contributed by atoms with E-state index in [1.54, 1.807) is 19.1 Å². The summed E-state index contributed by atoms with van der Waals surface area (Å²) in [5.41, 5.74) is 1.37. The average molecular weight is 465 g/mol. The van der Waals surface area contributed by atoms with Gasteiger partial charge in [-0.25, -0.2) is 18.4 Å². The number of halogens is 1. The van der Waals surface area contributed by atoms with Crippen LogP contribution in [0.3, 0.4) is 0 Å². The van der Waals surface area contributed by atoms with E-state index in [1.807, 2.05) is 0 Å². The van der Waals surface area contributed by atoms with Crippen LogP contribution >= 0.6 is 11.6 Å². The third kappa shape index (κ3) is 5.80. The predicted octanol–water partition coefficient (Wildman–Crippen LogP) is 4.03. The molecule has 2 aromatic rings. The van der Waals surface area contributed by atoms with Crippen LogP contribution in [0.5, 0.6) is 0 Å². The third-order valence-corrected chi connectivity index (χ3v) is 7.12. The van der Waals surface area contributed by atoms with E-state index in [0.717, 1.165) is 31.9 Å². The van der Waals surface area contributed by atoms with E-state index in [1.165, 1.54) is 18.5 Å². The lowest BCUT2D eigenvalue weighted by atomic mass is 9.87. The van der Waals surface area contributed by atoms with Gasteiger partial charge >= 0.3 is 0 Å². The Morgan fingerprint density at radius 3 is 2.55 bits per heavy atom. The van der Waals surface area contributed by atoms with E-state index in [9.17, 15) is 13.2 Å². The van der Waals surface area contributed by atoms with E-state index in [-0.39, 0.29) is 21.6 Å². The van der Waals surface area contributed by atoms with Gasteiger partial charge in [-0.05, 0) is 37.0 Å². The Labute approximate surface area is 186 Å². The minimum atomic E-state index is -3.46. The molecule has 31 heavy (non-hydrogen) atoms. The number of anilines is 1. The van der Waals surface area contributed by atoms with Gasteiger partial charge < -0.3 is 10.5 Å². The molecule has 1 aliphatic rings. The van der Waals surface area contributed by atoms with Crippen LogP contribution in [-0.2, 0) is 14.6 Å². The lowest BCUT2D eigenvalue weighted by Crippen LogP contribution is -2.24. The van der Waals surface area contributed by atoms with Crippen molar-refractivity contribution >= 4 is 38.9 Å². The molecule has 10 heteroatoms. The number of hydrogen-bond acceptors (Lipinski definition) is 7. The van der Waals surface area contributed by atoms with Crippen LogP contribution in [0.15, 0.2) is 40.6 Å². The quantitative estimate of drug-likeness (QED) is 0.362. The van der Waals surface area contributed by atoms with E-state index in [0.29, 0.717) is 29.3 Å². The normalized spacial score (nSPS) is 16.3. The molecule has 1 saturated carbocycles. The fourth-order valence-electron chi connectivity index (χ4n) is 3.85. The number of amides is 1. The molecule has 0 bridgehead atoms. The maximum Gasteiger partial charge on any atom is 0.233 e. The Morgan fingerprint density at radius 1 is 1.29 bits per heavy atom. The van der Waals surface area contributed by atoms with Crippen LogP contribution in [-0.4, -0.2) is 41.5 Å². The molecular formula is C21H25ClN4O4S. The minimum absolute atomic E-state index is 0.0420. The number of nitrogens with one attached hydrogen (secondary N) is 1. The Morgan fingerprint density at radius 2 is 2.00 bits per heavy atom. The third-order valence-electron chi connectivity index (χ3n) is 5.54. The van der Waals surface area contributed by atoms with Gasteiger partial charge in [-0.1, -0.05) is 48.5 Å². The summed E-state index contributed by atoms with van der Waals surface area (Å²) >= 11 is 6.24. The van der Waals surface area contributed by atoms with Crippen LogP contribution in [0.1, 0.15) is 56.2 Å². The minimum Gasteiger partial charge on any atom is -0.411 e. The van der Waals surface area contributed by atoms with Gasteiger partial charge in [-0.3, -0.25) is 4.79 Å². The highest BCUT2D eigenvalue weighted by Crippen LogP contribution is 2.36. The Kier molecular flexibility index (Phi) is 7.27. The molecule has 166 valence electrons. The number of nitrogens with zero attached hydrogens (tertiary/aromatic N) is 3. The monoisotopic (exact) mass is 464 g/mol. The summed E-state index contributed by atoms with van der Waals surface area (Å²) in [5.74, 6) is -0.0724. The van der Waals surface area contributed by atoms with Gasteiger partial charge in [0, 0.05) is 6.26 Å². The van der Waals surface area contributed by atoms with E-state index < -0.39 is 15.8 Å². The molecule has 1 unspecified atom stereocenters. The number of rotatable bonds is 7. The first-order valence-electron chi connectivity index (χ1n) is 10.0. The Bertz CT molecular complexity index is 1080. The highest BCUT2D eigenvalue weighted by molar-refractivity contribution is 7.90. The zero-order valence-electron chi connectivity index (χ0n) is 17.4. The first-order chi connectivity index (χ1) is 14.7. The van der Waals surface area contributed by atoms with Crippen molar-refractivity contribution in [2.24, 2.45) is 11.1 Å². The van der Waals surface area contributed by atoms with Crippen molar-refractivity contribution in [2.45, 2.75) is 49.8 Å². The molecule has 1 atom stereocenters. The fraction of sp³-hybridized carbons (Fsp3) is 0.429. The van der Waals surface area contributed by atoms with Gasteiger partial charge in [0.1, 0.15) is 11.4 Å². The summed E-state index contributed by atoms with van der Waals surface area (Å²) in [6, 6.07) is 4.66. The van der Waals surface area contributed by atoms with Gasteiger partial charge in [0.05, 0.1) is 28.2 Å². The fourth-order valence-corrected chi connectivity index (χ4v) is 5.19. The van der Waals surface area contributed by atoms with Gasteiger partial charge in [0.2, 0.25) is 5.91 Å². The van der Waals surface area contributed by atoms with Crippen LogP contribution < -0.4 is 5.32 Å². The molecule has 1 amide bonds. The molecule has 1 fully saturated rings. The van der Waals surface area contributed by atoms with E-state index in [4.69, 9.17) is 16.8 Å². The van der Waals surface area contributed by atoms with Crippen LogP contribution in [0.2, 0.25) is 5.02 Å². The zero-order valence-corrected chi connectivity index (χ0v) is 18.9. The zero-order chi connectivity index (χ0) is 22.6. The molecule has 1 aromatic heterocycles. The molecule has 1 heterocycles. The summed E-state index contributed by atoms with van der Waals surface area (Å²) in [6.45, 7) is 1.59. The molecule has 0 saturated heterocycles.